The summed E-state index contributed by atoms with van der Waals surface area (Å²) in [6.45, 7) is 0. The highest BCUT2D eigenvalue weighted by Gasteiger charge is 1.95. The minimum absolute atomic E-state index is 0.441. The summed E-state index contributed by atoms with van der Waals surface area (Å²) in [5, 5.41) is 6.47. The maximum Gasteiger partial charge on any atom is 0.177 e. The fourth-order valence-corrected chi connectivity index (χ4v) is 2.18. The molecule has 1 heterocycles. The SMILES string of the molecule is O=CCSc1n[nH]c(=S)s1. The van der Waals surface area contributed by atoms with Gasteiger partial charge in [0.25, 0.3) is 0 Å². The lowest BCUT2D eigenvalue weighted by Gasteiger charge is -1.82. The van der Waals surface area contributed by atoms with Gasteiger partial charge in [-0.25, -0.2) is 0 Å². The molecule has 1 rings (SSSR count). The third-order valence-corrected chi connectivity index (χ3v) is 2.82. The lowest BCUT2D eigenvalue weighted by Crippen LogP contribution is -1.77. The average molecular weight is 192 g/mol. The summed E-state index contributed by atoms with van der Waals surface area (Å²) in [4.78, 5) is 9.90. The van der Waals surface area contributed by atoms with E-state index in [2.05, 4.69) is 10.2 Å². The Morgan fingerprint density at radius 1 is 1.90 bits per heavy atom. The summed E-state index contributed by atoms with van der Waals surface area (Å²) in [6.07, 6.45) is 0.842. The summed E-state index contributed by atoms with van der Waals surface area (Å²) in [7, 11) is 0. The molecule has 0 unspecified atom stereocenters. The van der Waals surface area contributed by atoms with Gasteiger partial charge in [-0.1, -0.05) is 23.1 Å². The molecular weight excluding hydrogens is 188 g/mol. The molecule has 0 saturated carbocycles. The number of hydrogen-bond acceptors (Lipinski definition) is 5. The van der Waals surface area contributed by atoms with E-state index in [9.17, 15) is 4.79 Å². The minimum Gasteiger partial charge on any atom is -0.302 e. The van der Waals surface area contributed by atoms with Crippen LogP contribution in [-0.2, 0) is 4.79 Å². The van der Waals surface area contributed by atoms with Gasteiger partial charge in [0.1, 0.15) is 6.29 Å². The molecule has 0 amide bonds. The van der Waals surface area contributed by atoms with Crippen LogP contribution in [0, 0.1) is 3.95 Å². The van der Waals surface area contributed by atoms with Crippen LogP contribution in [0.15, 0.2) is 4.34 Å². The van der Waals surface area contributed by atoms with Crippen LogP contribution in [0.25, 0.3) is 0 Å². The second kappa shape index (κ2) is 3.85. The second-order valence-corrected chi connectivity index (χ2v) is 4.29. The van der Waals surface area contributed by atoms with Gasteiger partial charge in [-0.2, -0.15) is 5.10 Å². The van der Waals surface area contributed by atoms with E-state index in [0.717, 1.165) is 10.6 Å². The largest absolute Gasteiger partial charge is 0.302 e. The Kier molecular flexibility index (Phi) is 3.04. The van der Waals surface area contributed by atoms with E-state index in [1.807, 2.05) is 0 Å². The fraction of sp³-hybridized carbons (Fsp3) is 0.250. The van der Waals surface area contributed by atoms with E-state index in [1.54, 1.807) is 0 Å². The van der Waals surface area contributed by atoms with Crippen molar-refractivity contribution in [2.45, 2.75) is 4.34 Å². The normalized spacial score (nSPS) is 9.60. The summed E-state index contributed by atoms with van der Waals surface area (Å²) in [5.41, 5.74) is 0. The lowest BCUT2D eigenvalue weighted by atomic mass is 10.9. The number of aromatic amines is 1. The maximum atomic E-state index is 9.90. The Morgan fingerprint density at radius 3 is 3.20 bits per heavy atom. The third-order valence-electron chi connectivity index (χ3n) is 0.693. The average Bonchev–Trinajstić information content (AvgIpc) is 2.31. The number of aromatic nitrogens is 2. The van der Waals surface area contributed by atoms with Crippen molar-refractivity contribution in [1.29, 1.82) is 0 Å². The van der Waals surface area contributed by atoms with E-state index in [4.69, 9.17) is 12.2 Å². The molecule has 6 heteroatoms. The number of carbonyl (C=O) groups is 1. The van der Waals surface area contributed by atoms with E-state index < -0.39 is 0 Å². The van der Waals surface area contributed by atoms with Crippen LogP contribution >= 0.6 is 35.3 Å². The van der Waals surface area contributed by atoms with Crippen LogP contribution in [0.4, 0.5) is 0 Å². The molecule has 0 atom stereocenters. The number of rotatable bonds is 3. The zero-order valence-electron chi connectivity index (χ0n) is 4.86. The first-order valence-corrected chi connectivity index (χ1v) is 4.66. The molecule has 0 fully saturated rings. The number of carbonyl (C=O) groups excluding carboxylic acids is 1. The van der Waals surface area contributed by atoms with Crippen molar-refractivity contribution in [3.63, 3.8) is 0 Å². The first kappa shape index (κ1) is 7.90. The molecule has 0 spiro atoms. The molecule has 1 aromatic heterocycles. The third kappa shape index (κ3) is 2.20. The molecule has 1 N–H and O–H groups in total. The van der Waals surface area contributed by atoms with Gasteiger partial charge in [-0.3, -0.25) is 5.10 Å². The Bertz CT molecular complexity index is 265. The zero-order chi connectivity index (χ0) is 7.40. The van der Waals surface area contributed by atoms with Crippen molar-refractivity contribution < 1.29 is 4.79 Å². The molecule has 0 radical (unpaired) electrons. The van der Waals surface area contributed by atoms with Gasteiger partial charge < -0.3 is 4.79 Å². The van der Waals surface area contributed by atoms with Crippen molar-refractivity contribution in [2.24, 2.45) is 0 Å². The van der Waals surface area contributed by atoms with Crippen LogP contribution in [0.3, 0.4) is 0 Å². The van der Waals surface area contributed by atoms with E-state index in [0.29, 0.717) is 9.71 Å². The summed E-state index contributed by atoms with van der Waals surface area (Å²) in [6, 6.07) is 0. The molecule has 0 aliphatic carbocycles. The number of nitrogens with one attached hydrogen (secondary N) is 1. The van der Waals surface area contributed by atoms with Gasteiger partial charge in [0.2, 0.25) is 0 Å². The number of thioether (sulfide) groups is 1. The molecule has 0 bridgehead atoms. The van der Waals surface area contributed by atoms with Gasteiger partial charge in [0, 0.05) is 0 Å². The minimum atomic E-state index is 0.441. The zero-order valence-corrected chi connectivity index (χ0v) is 7.31. The predicted octanol–water partition coefficient (Wildman–Crippen LogP) is 1.49. The van der Waals surface area contributed by atoms with Crippen LogP contribution in [0.5, 0.6) is 0 Å². The molecule has 0 saturated heterocycles. The van der Waals surface area contributed by atoms with Gasteiger partial charge in [-0.15, -0.1) is 0 Å². The van der Waals surface area contributed by atoms with Gasteiger partial charge in [-0.05, 0) is 12.2 Å². The first-order valence-electron chi connectivity index (χ1n) is 2.45. The molecule has 0 aliphatic rings. The highest BCUT2D eigenvalue weighted by atomic mass is 32.2. The van der Waals surface area contributed by atoms with E-state index in [1.165, 1.54) is 23.1 Å². The Labute approximate surface area is 70.9 Å². The van der Waals surface area contributed by atoms with Crippen molar-refractivity contribution in [3.05, 3.63) is 3.95 Å². The maximum absolute atomic E-state index is 9.90. The Morgan fingerprint density at radius 2 is 2.70 bits per heavy atom. The second-order valence-electron chi connectivity index (χ2n) is 1.36. The van der Waals surface area contributed by atoms with E-state index in [-0.39, 0.29) is 0 Å². The molecule has 54 valence electrons. The molecular formula is C4H4N2OS3. The highest BCUT2D eigenvalue weighted by molar-refractivity contribution is 8.01. The van der Waals surface area contributed by atoms with Crippen molar-refractivity contribution in [3.8, 4) is 0 Å². The quantitative estimate of drug-likeness (QED) is 0.448. The number of hydrogen-bond donors (Lipinski definition) is 1. The molecule has 0 aromatic carbocycles. The monoisotopic (exact) mass is 192 g/mol. The van der Waals surface area contributed by atoms with Crippen molar-refractivity contribution >= 4 is 41.6 Å². The van der Waals surface area contributed by atoms with Gasteiger partial charge in [0.15, 0.2) is 8.29 Å². The molecule has 1 aromatic rings. The summed E-state index contributed by atoms with van der Waals surface area (Å²) < 4.78 is 1.46. The Hall–Kier alpha value is -0.200. The van der Waals surface area contributed by atoms with Crippen LogP contribution in [0.1, 0.15) is 0 Å². The predicted molar refractivity (Wildman–Crippen MR) is 44.1 cm³/mol. The Balaban J connectivity index is 2.58. The van der Waals surface area contributed by atoms with Crippen LogP contribution in [0.2, 0.25) is 0 Å². The molecule has 3 nitrogen and oxygen atoms in total. The first-order chi connectivity index (χ1) is 4.83. The summed E-state index contributed by atoms with van der Waals surface area (Å²) >= 11 is 7.54. The lowest BCUT2D eigenvalue weighted by molar-refractivity contribution is -0.105. The van der Waals surface area contributed by atoms with Crippen LogP contribution in [-0.4, -0.2) is 22.2 Å². The van der Waals surface area contributed by atoms with Gasteiger partial charge >= 0.3 is 0 Å². The van der Waals surface area contributed by atoms with Crippen molar-refractivity contribution in [1.82, 2.24) is 10.2 Å². The topological polar surface area (TPSA) is 45.8 Å². The fourth-order valence-electron chi connectivity index (χ4n) is 0.383. The number of H-pyrrole nitrogens is 1. The molecule has 0 aliphatic heterocycles. The standard InChI is InChI=1S/C4H4N2OS3/c7-1-2-9-4-6-5-3(8)10-4/h1H,2H2,(H,5,8). The highest BCUT2D eigenvalue weighted by Crippen LogP contribution is 2.18. The van der Waals surface area contributed by atoms with E-state index >= 15 is 0 Å². The molecule has 10 heavy (non-hydrogen) atoms. The van der Waals surface area contributed by atoms with Crippen LogP contribution < -0.4 is 0 Å². The summed E-state index contributed by atoms with van der Waals surface area (Å²) in [5.74, 6) is 0.441. The smallest absolute Gasteiger partial charge is 0.177 e. The number of nitrogens with zero attached hydrogens (tertiary/aromatic N) is 1. The van der Waals surface area contributed by atoms with Gasteiger partial charge in [0.05, 0.1) is 5.75 Å². The number of aldehydes is 1. The van der Waals surface area contributed by atoms with Crippen molar-refractivity contribution in [2.75, 3.05) is 5.75 Å².